The molecular formula is C42H75NO9P+. The number of unbranched alkanes of at least 4 members (excludes halogenated alkanes) is 10. The number of hydrogen-bond acceptors (Lipinski definition) is 8. The van der Waals surface area contributed by atoms with E-state index in [0.717, 1.165) is 44.9 Å². The fourth-order valence-electron chi connectivity index (χ4n) is 4.98. The largest absolute Gasteiger partial charge is 0.472 e. The minimum atomic E-state index is -4.42. The predicted octanol–water partition coefficient (Wildman–Crippen LogP) is 9.87. The second-order valence-corrected chi connectivity index (χ2v) is 15.9. The Balaban J connectivity index is 4.64. The Morgan fingerprint density at radius 3 is 1.81 bits per heavy atom. The van der Waals surface area contributed by atoms with Crippen molar-refractivity contribution in [3.8, 4) is 0 Å². The highest BCUT2D eigenvalue weighted by molar-refractivity contribution is 7.47. The van der Waals surface area contributed by atoms with E-state index in [4.69, 9.17) is 18.5 Å². The van der Waals surface area contributed by atoms with Gasteiger partial charge in [-0.25, -0.2) is 4.57 Å². The summed E-state index contributed by atoms with van der Waals surface area (Å²) in [5, 5.41) is 10.3. The standard InChI is InChI=1S/C42H74NO9P/c1-6-8-10-12-14-16-18-19-21-22-24-26-28-31-39(44)32-30-34-42(46)52-40(38-51-53(47,48)50-36-35-43(3,4)5)37-49-41(45)33-29-27-25-23-20-17-15-13-11-9-7-2/h8,10,14,16,19,21,24,26,28,31,39-40,44H,6-7,9,11-13,15,17-18,20,22-23,25,27,29-30,32-38H2,1-5H3/p+1/b10-8-,16-14-,21-19-,26-24-,31-28+/t39?,40-/m1/s1. The van der Waals surface area contributed by atoms with Crippen LogP contribution in [0.5, 0.6) is 0 Å². The highest BCUT2D eigenvalue weighted by atomic mass is 31.2. The van der Waals surface area contributed by atoms with Crippen LogP contribution in [0.25, 0.3) is 0 Å². The predicted molar refractivity (Wildman–Crippen MR) is 216 cm³/mol. The average molecular weight is 769 g/mol. The number of phosphoric ester groups is 1. The van der Waals surface area contributed by atoms with E-state index in [2.05, 4.69) is 50.3 Å². The number of allylic oxidation sites excluding steroid dienone is 9. The molecule has 2 unspecified atom stereocenters. The summed E-state index contributed by atoms with van der Waals surface area (Å²) in [7, 11) is 1.35. The van der Waals surface area contributed by atoms with E-state index >= 15 is 0 Å². The Hall–Kier alpha value is -2.33. The van der Waals surface area contributed by atoms with E-state index in [0.29, 0.717) is 30.3 Å². The molecule has 0 saturated heterocycles. The molecular weight excluding hydrogens is 693 g/mol. The molecule has 0 aromatic heterocycles. The molecule has 10 nitrogen and oxygen atoms in total. The van der Waals surface area contributed by atoms with Gasteiger partial charge in [0.25, 0.3) is 0 Å². The number of phosphoric acid groups is 1. The summed E-state index contributed by atoms with van der Waals surface area (Å²) < 4.78 is 34.0. The van der Waals surface area contributed by atoms with E-state index in [1.54, 1.807) is 12.2 Å². The SMILES string of the molecule is CC/C=C\C/C=C\C/C=C\C/C=C\C=C\C(O)CCCC(=O)O[C@H](COC(=O)CCCCCCCCCCCCC)COP(=O)(O)OCC[N+](C)(C)C. The highest BCUT2D eigenvalue weighted by Crippen LogP contribution is 2.43. The maximum absolute atomic E-state index is 12.6. The molecule has 2 N–H and O–H groups in total. The van der Waals surface area contributed by atoms with Crippen molar-refractivity contribution in [3.63, 3.8) is 0 Å². The highest BCUT2D eigenvalue weighted by Gasteiger charge is 2.27. The van der Waals surface area contributed by atoms with Crippen molar-refractivity contribution >= 4 is 19.8 Å². The molecule has 0 aromatic carbocycles. The van der Waals surface area contributed by atoms with Crippen LogP contribution in [-0.2, 0) is 32.7 Å². The lowest BCUT2D eigenvalue weighted by Gasteiger charge is -2.24. The molecule has 306 valence electrons. The fraction of sp³-hybridized carbons (Fsp3) is 0.714. The molecule has 0 aromatic rings. The minimum absolute atomic E-state index is 0.00523. The first-order valence-corrected chi connectivity index (χ1v) is 21.6. The maximum atomic E-state index is 12.6. The molecule has 3 atom stereocenters. The van der Waals surface area contributed by atoms with Gasteiger partial charge in [0.15, 0.2) is 6.10 Å². The summed E-state index contributed by atoms with van der Waals surface area (Å²) in [4.78, 5) is 35.2. The second kappa shape index (κ2) is 34.2. The number of nitrogens with zero attached hydrogens (tertiary/aromatic N) is 1. The lowest BCUT2D eigenvalue weighted by Crippen LogP contribution is -2.37. The van der Waals surface area contributed by atoms with Crippen LogP contribution in [0.4, 0.5) is 0 Å². The zero-order chi connectivity index (χ0) is 39.5. The third-order valence-electron chi connectivity index (χ3n) is 8.17. The Bertz CT molecular complexity index is 1110. The monoisotopic (exact) mass is 769 g/mol. The minimum Gasteiger partial charge on any atom is -0.462 e. The summed E-state index contributed by atoms with van der Waals surface area (Å²) >= 11 is 0. The van der Waals surface area contributed by atoms with Crippen LogP contribution in [-0.4, -0.2) is 86.1 Å². The summed E-state index contributed by atoms with van der Waals surface area (Å²) in [6, 6.07) is 0. The van der Waals surface area contributed by atoms with Crippen molar-refractivity contribution in [2.24, 2.45) is 0 Å². The number of hydrogen-bond donors (Lipinski definition) is 2. The number of quaternary nitrogens is 1. The normalized spacial score (nSPS) is 14.9. The van der Waals surface area contributed by atoms with Crippen LogP contribution in [0, 0.1) is 0 Å². The van der Waals surface area contributed by atoms with Gasteiger partial charge in [0.2, 0.25) is 0 Å². The lowest BCUT2D eigenvalue weighted by molar-refractivity contribution is -0.870. The molecule has 0 saturated carbocycles. The number of esters is 2. The molecule has 11 heteroatoms. The van der Waals surface area contributed by atoms with Crippen molar-refractivity contribution in [3.05, 3.63) is 60.8 Å². The summed E-state index contributed by atoms with van der Waals surface area (Å²) in [6.45, 7) is 4.04. The number of carbonyl (C=O) groups is 2. The molecule has 0 radical (unpaired) electrons. The first-order chi connectivity index (χ1) is 25.4. The van der Waals surface area contributed by atoms with Crippen molar-refractivity contribution in [1.29, 1.82) is 0 Å². The van der Waals surface area contributed by atoms with Gasteiger partial charge in [-0.3, -0.25) is 18.6 Å². The molecule has 0 aliphatic carbocycles. The molecule has 0 spiro atoms. The number of rotatable bonds is 35. The van der Waals surface area contributed by atoms with E-state index in [-0.39, 0.29) is 26.1 Å². The number of ether oxygens (including phenoxy) is 2. The van der Waals surface area contributed by atoms with Crippen molar-refractivity contribution in [2.45, 2.75) is 148 Å². The average Bonchev–Trinajstić information content (AvgIpc) is 3.09. The smallest absolute Gasteiger partial charge is 0.462 e. The molecule has 0 amide bonds. The summed E-state index contributed by atoms with van der Waals surface area (Å²) in [5.74, 6) is -1.01. The van der Waals surface area contributed by atoms with Gasteiger partial charge in [-0.05, 0) is 44.9 Å². The van der Waals surface area contributed by atoms with Gasteiger partial charge < -0.3 is 24.0 Å². The Labute approximate surface area is 322 Å². The first kappa shape index (κ1) is 50.7. The third kappa shape index (κ3) is 37.8. The van der Waals surface area contributed by atoms with E-state index in [9.17, 15) is 24.2 Å². The quantitative estimate of drug-likeness (QED) is 0.0162. The topological polar surface area (TPSA) is 129 Å². The van der Waals surface area contributed by atoms with E-state index < -0.39 is 38.6 Å². The molecule has 0 fully saturated rings. The number of aliphatic hydroxyl groups excluding tert-OH is 1. The van der Waals surface area contributed by atoms with Crippen LogP contribution >= 0.6 is 7.82 Å². The zero-order valence-electron chi connectivity index (χ0n) is 33.8. The van der Waals surface area contributed by atoms with Gasteiger partial charge in [0, 0.05) is 12.8 Å². The number of likely N-dealkylation sites (N-methyl/N-ethyl adjacent to an activating group) is 1. The van der Waals surface area contributed by atoms with Crippen LogP contribution in [0.2, 0.25) is 0 Å². The molecule has 0 bridgehead atoms. The van der Waals surface area contributed by atoms with Crippen LogP contribution in [0.1, 0.15) is 136 Å². The van der Waals surface area contributed by atoms with Gasteiger partial charge in [-0.2, -0.15) is 0 Å². The summed E-state index contributed by atoms with van der Waals surface area (Å²) in [6.07, 6.45) is 35.9. The second-order valence-electron chi connectivity index (χ2n) is 14.5. The van der Waals surface area contributed by atoms with Gasteiger partial charge in [-0.15, -0.1) is 0 Å². The van der Waals surface area contributed by atoms with Gasteiger partial charge in [0.1, 0.15) is 19.8 Å². The first-order valence-electron chi connectivity index (χ1n) is 20.1. The van der Waals surface area contributed by atoms with Crippen molar-refractivity contribution in [2.75, 3.05) is 47.5 Å². The molecule has 0 aliphatic rings. The molecule has 0 aliphatic heterocycles. The van der Waals surface area contributed by atoms with Gasteiger partial charge >= 0.3 is 19.8 Å². The van der Waals surface area contributed by atoms with Crippen LogP contribution in [0.15, 0.2) is 60.8 Å². The van der Waals surface area contributed by atoms with Gasteiger partial charge in [-0.1, -0.05) is 139 Å². The number of carbonyl (C=O) groups excluding carboxylic acids is 2. The van der Waals surface area contributed by atoms with Gasteiger partial charge in [0.05, 0.1) is 33.9 Å². The van der Waals surface area contributed by atoms with Crippen LogP contribution in [0.3, 0.4) is 0 Å². The molecule has 0 heterocycles. The Morgan fingerprint density at radius 2 is 1.23 bits per heavy atom. The fourth-order valence-corrected chi connectivity index (χ4v) is 5.72. The maximum Gasteiger partial charge on any atom is 0.472 e. The van der Waals surface area contributed by atoms with E-state index in [1.807, 2.05) is 33.3 Å². The third-order valence-corrected chi connectivity index (χ3v) is 9.15. The zero-order valence-corrected chi connectivity index (χ0v) is 34.7. The van der Waals surface area contributed by atoms with Crippen molar-refractivity contribution in [1.82, 2.24) is 0 Å². The Kier molecular flexibility index (Phi) is 32.7. The van der Waals surface area contributed by atoms with Crippen molar-refractivity contribution < 1.29 is 47.2 Å². The molecule has 53 heavy (non-hydrogen) atoms. The number of aliphatic hydroxyl groups is 1. The lowest BCUT2D eigenvalue weighted by atomic mass is 10.1. The summed E-state index contributed by atoms with van der Waals surface area (Å²) in [5.41, 5.74) is 0. The Morgan fingerprint density at radius 1 is 0.679 bits per heavy atom. The van der Waals surface area contributed by atoms with Crippen LogP contribution < -0.4 is 0 Å². The molecule has 0 rings (SSSR count). The van der Waals surface area contributed by atoms with E-state index in [1.165, 1.54) is 44.9 Å².